The molecule has 2 aliphatic heterocycles. The highest BCUT2D eigenvalue weighted by molar-refractivity contribution is 7.19. The standard InChI is InChI=1S/C30H35ClN6O4S/c1-19(2)35-11-8-21(9-12-35)32-29(38)28-23-16-20(30(39)36-10-3-14-40-15-13-36)4-5-24(23)37(33-28)18-22-17-25(41-34-22)26-6-7-27(31)42-26/h4-7,16-17,19,21H,3,8-15,18H2,1-2H3,(H,32,38). The summed E-state index contributed by atoms with van der Waals surface area (Å²) in [6, 6.07) is 11.6. The van der Waals surface area contributed by atoms with E-state index in [2.05, 4.69) is 29.2 Å². The van der Waals surface area contributed by atoms with E-state index in [0.29, 0.717) is 71.3 Å². The third-order valence-corrected chi connectivity index (χ3v) is 9.25. The number of hydrogen-bond donors (Lipinski definition) is 1. The van der Waals surface area contributed by atoms with Crippen molar-refractivity contribution in [2.45, 2.75) is 51.7 Å². The number of benzene rings is 1. The third-order valence-electron chi connectivity index (χ3n) is 8.00. The van der Waals surface area contributed by atoms with E-state index in [4.69, 9.17) is 26.0 Å². The van der Waals surface area contributed by atoms with E-state index < -0.39 is 0 Å². The molecule has 0 saturated carbocycles. The lowest BCUT2D eigenvalue weighted by Gasteiger charge is -2.34. The van der Waals surface area contributed by atoms with Gasteiger partial charge in [0.2, 0.25) is 0 Å². The van der Waals surface area contributed by atoms with Gasteiger partial charge in [-0.05, 0) is 63.4 Å². The van der Waals surface area contributed by atoms with Crippen molar-refractivity contribution in [2.75, 3.05) is 39.4 Å². The number of carbonyl (C=O) groups is 2. The molecule has 2 saturated heterocycles. The molecule has 10 nitrogen and oxygen atoms in total. The molecule has 0 bridgehead atoms. The lowest BCUT2D eigenvalue weighted by atomic mass is 10.0. The van der Waals surface area contributed by atoms with Gasteiger partial charge in [-0.1, -0.05) is 16.8 Å². The molecule has 3 aromatic heterocycles. The van der Waals surface area contributed by atoms with Crippen LogP contribution >= 0.6 is 22.9 Å². The minimum absolute atomic E-state index is 0.0710. The number of carbonyl (C=O) groups excluding carboxylic acids is 2. The molecule has 12 heteroatoms. The number of piperidine rings is 1. The Morgan fingerprint density at radius 1 is 1.10 bits per heavy atom. The molecule has 222 valence electrons. The lowest BCUT2D eigenvalue weighted by Crippen LogP contribution is -2.46. The Morgan fingerprint density at radius 2 is 1.93 bits per heavy atom. The molecule has 1 N–H and O–H groups in total. The molecule has 0 radical (unpaired) electrons. The van der Waals surface area contributed by atoms with Crippen molar-refractivity contribution in [3.05, 3.63) is 57.7 Å². The number of nitrogens with zero attached hydrogens (tertiary/aromatic N) is 5. The van der Waals surface area contributed by atoms with Crippen LogP contribution < -0.4 is 5.32 Å². The number of rotatable bonds is 7. The maximum Gasteiger partial charge on any atom is 0.272 e. The minimum Gasteiger partial charge on any atom is -0.380 e. The number of aromatic nitrogens is 3. The number of likely N-dealkylation sites (tertiary alicyclic amines) is 1. The average Bonchev–Trinajstić information content (AvgIpc) is 3.66. The number of nitrogens with one attached hydrogen (secondary N) is 1. The molecule has 0 atom stereocenters. The Hall–Kier alpha value is -3.25. The van der Waals surface area contributed by atoms with Gasteiger partial charge >= 0.3 is 0 Å². The van der Waals surface area contributed by atoms with Crippen molar-refractivity contribution in [1.29, 1.82) is 0 Å². The first-order chi connectivity index (χ1) is 20.4. The van der Waals surface area contributed by atoms with Gasteiger partial charge in [-0.15, -0.1) is 11.3 Å². The molecule has 2 fully saturated rings. The van der Waals surface area contributed by atoms with E-state index in [0.717, 1.165) is 42.7 Å². The predicted octanol–water partition coefficient (Wildman–Crippen LogP) is 4.92. The first-order valence-corrected chi connectivity index (χ1v) is 15.7. The number of hydrogen-bond acceptors (Lipinski definition) is 8. The molecular formula is C30H35ClN6O4S. The van der Waals surface area contributed by atoms with Gasteiger partial charge in [-0.3, -0.25) is 14.3 Å². The molecule has 0 aliphatic carbocycles. The molecule has 42 heavy (non-hydrogen) atoms. The summed E-state index contributed by atoms with van der Waals surface area (Å²) in [5, 5.41) is 12.8. The summed E-state index contributed by atoms with van der Waals surface area (Å²) in [5.41, 5.74) is 2.24. The topological polar surface area (TPSA) is 106 Å². The van der Waals surface area contributed by atoms with Crippen molar-refractivity contribution < 1.29 is 18.8 Å². The van der Waals surface area contributed by atoms with Crippen molar-refractivity contribution in [3.63, 3.8) is 0 Å². The average molecular weight is 611 g/mol. The van der Waals surface area contributed by atoms with Crippen molar-refractivity contribution >= 4 is 45.7 Å². The van der Waals surface area contributed by atoms with Crippen LogP contribution in [0.5, 0.6) is 0 Å². The monoisotopic (exact) mass is 610 g/mol. The van der Waals surface area contributed by atoms with Crippen LogP contribution in [0.1, 0.15) is 59.7 Å². The summed E-state index contributed by atoms with van der Waals surface area (Å²) in [6.45, 7) is 8.94. The first-order valence-electron chi connectivity index (χ1n) is 14.5. The lowest BCUT2D eigenvalue weighted by molar-refractivity contribution is 0.0741. The van der Waals surface area contributed by atoms with Crippen LogP contribution in [-0.2, 0) is 11.3 Å². The number of thiophene rings is 1. The fourth-order valence-corrected chi connectivity index (χ4v) is 6.64. The second kappa shape index (κ2) is 12.5. The summed E-state index contributed by atoms with van der Waals surface area (Å²) in [7, 11) is 0. The SMILES string of the molecule is CC(C)N1CCC(NC(=O)c2nn(Cc3cc(-c4ccc(Cl)s4)on3)c3ccc(C(=O)N4CCCOCC4)cc23)CC1. The maximum absolute atomic E-state index is 13.7. The van der Waals surface area contributed by atoms with Gasteiger partial charge in [0.05, 0.1) is 27.9 Å². The van der Waals surface area contributed by atoms with Crippen LogP contribution in [0.15, 0.2) is 40.9 Å². The van der Waals surface area contributed by atoms with Crippen LogP contribution in [0.3, 0.4) is 0 Å². The molecule has 5 heterocycles. The Bertz CT molecular complexity index is 1560. The molecule has 2 amide bonds. The van der Waals surface area contributed by atoms with E-state index in [1.165, 1.54) is 11.3 Å². The maximum atomic E-state index is 13.7. The van der Waals surface area contributed by atoms with Crippen LogP contribution in [0.2, 0.25) is 4.34 Å². The number of amides is 2. The zero-order valence-electron chi connectivity index (χ0n) is 23.8. The molecule has 2 aliphatic rings. The summed E-state index contributed by atoms with van der Waals surface area (Å²) >= 11 is 7.51. The van der Waals surface area contributed by atoms with Gasteiger partial charge in [0, 0.05) is 61.9 Å². The summed E-state index contributed by atoms with van der Waals surface area (Å²) in [4.78, 5) is 32.2. The van der Waals surface area contributed by atoms with Gasteiger partial charge in [0.1, 0.15) is 5.69 Å². The largest absolute Gasteiger partial charge is 0.380 e. The first kappa shape index (κ1) is 28.9. The fraction of sp³-hybridized carbons (Fsp3) is 0.467. The van der Waals surface area contributed by atoms with Gasteiger partial charge in [-0.25, -0.2) is 0 Å². The van der Waals surface area contributed by atoms with Crippen LogP contribution in [-0.4, -0.2) is 88.0 Å². The number of fused-ring (bicyclic) bond motifs is 1. The Labute approximate surface area is 253 Å². The minimum atomic E-state index is -0.233. The van der Waals surface area contributed by atoms with Crippen molar-refractivity contribution in [1.82, 2.24) is 30.1 Å². The van der Waals surface area contributed by atoms with Crippen LogP contribution in [0.25, 0.3) is 21.5 Å². The molecule has 4 aromatic rings. The normalized spacial score (nSPS) is 17.2. The highest BCUT2D eigenvalue weighted by Gasteiger charge is 2.26. The predicted molar refractivity (Wildman–Crippen MR) is 162 cm³/mol. The van der Waals surface area contributed by atoms with E-state index in [1.54, 1.807) is 16.8 Å². The summed E-state index contributed by atoms with van der Waals surface area (Å²) in [6.07, 6.45) is 2.57. The summed E-state index contributed by atoms with van der Waals surface area (Å²) in [5.74, 6) is 0.320. The van der Waals surface area contributed by atoms with Crippen molar-refractivity contribution in [2.24, 2.45) is 0 Å². The van der Waals surface area contributed by atoms with E-state index in [1.807, 2.05) is 29.2 Å². The van der Waals surface area contributed by atoms with Gasteiger partial charge < -0.3 is 24.4 Å². The Morgan fingerprint density at radius 3 is 2.69 bits per heavy atom. The smallest absolute Gasteiger partial charge is 0.272 e. The highest BCUT2D eigenvalue weighted by Crippen LogP contribution is 2.32. The van der Waals surface area contributed by atoms with E-state index in [-0.39, 0.29) is 17.9 Å². The third kappa shape index (κ3) is 6.24. The molecular weight excluding hydrogens is 576 g/mol. The molecule has 0 spiro atoms. The summed E-state index contributed by atoms with van der Waals surface area (Å²) < 4.78 is 13.5. The molecule has 1 aromatic carbocycles. The zero-order valence-corrected chi connectivity index (χ0v) is 25.4. The number of halogens is 1. The number of ether oxygens (including phenoxy) is 1. The zero-order chi connectivity index (χ0) is 29.2. The molecule has 0 unspecified atom stereocenters. The van der Waals surface area contributed by atoms with Gasteiger partial charge in [0.15, 0.2) is 11.5 Å². The van der Waals surface area contributed by atoms with Gasteiger partial charge in [-0.2, -0.15) is 5.10 Å². The highest BCUT2D eigenvalue weighted by atomic mass is 35.5. The second-order valence-corrected chi connectivity index (χ2v) is 12.9. The fourth-order valence-electron chi connectivity index (χ4n) is 5.65. The van der Waals surface area contributed by atoms with Crippen LogP contribution in [0, 0.1) is 0 Å². The Kier molecular flexibility index (Phi) is 8.62. The van der Waals surface area contributed by atoms with Crippen molar-refractivity contribution in [3.8, 4) is 10.6 Å². The quantitative estimate of drug-likeness (QED) is 0.317. The van der Waals surface area contributed by atoms with Gasteiger partial charge in [0.25, 0.3) is 11.8 Å². The van der Waals surface area contributed by atoms with E-state index >= 15 is 0 Å². The second-order valence-electron chi connectivity index (χ2n) is 11.2. The Balaban J connectivity index is 1.29. The molecule has 6 rings (SSSR count). The van der Waals surface area contributed by atoms with Crippen LogP contribution in [0.4, 0.5) is 0 Å². The van der Waals surface area contributed by atoms with E-state index in [9.17, 15) is 9.59 Å².